The molecule has 96 valence electrons. The van der Waals surface area contributed by atoms with Crippen LogP contribution in [0.1, 0.15) is 39.2 Å². The number of hydrogen-bond donors (Lipinski definition) is 0. The van der Waals surface area contributed by atoms with Gasteiger partial charge in [-0.3, -0.25) is 0 Å². The summed E-state index contributed by atoms with van der Waals surface area (Å²) in [6.07, 6.45) is -2.60. The molecule has 4 heteroatoms. The Bertz CT molecular complexity index is 352. The minimum Gasteiger partial charge on any atom is -0.406 e. The molecular weight excluding hydrogens is 229 g/mol. The minimum atomic E-state index is -4.62. The lowest BCUT2D eigenvalue weighted by molar-refractivity contribution is -0.274. The van der Waals surface area contributed by atoms with Crippen molar-refractivity contribution in [2.75, 3.05) is 0 Å². The Balaban J connectivity index is 2.81. The number of rotatable bonds is 4. The summed E-state index contributed by atoms with van der Waals surface area (Å²) in [6.45, 7) is 6.25. The maximum absolute atomic E-state index is 12.0. The van der Waals surface area contributed by atoms with E-state index < -0.39 is 6.36 Å². The third kappa shape index (κ3) is 4.29. The first kappa shape index (κ1) is 13.9. The standard InChI is InChI=1S/C13H17F3O/c1-4-9-12(2,3)10-5-7-11(8-6-10)17-13(14,15)16/h5-8H,4,9H2,1-3H3. The van der Waals surface area contributed by atoms with E-state index in [1.165, 1.54) is 12.1 Å². The van der Waals surface area contributed by atoms with E-state index in [2.05, 4.69) is 25.5 Å². The van der Waals surface area contributed by atoms with Crippen LogP contribution in [0.4, 0.5) is 13.2 Å². The third-order valence-corrected chi connectivity index (χ3v) is 2.74. The van der Waals surface area contributed by atoms with E-state index in [0.717, 1.165) is 18.4 Å². The minimum absolute atomic E-state index is 0.0223. The van der Waals surface area contributed by atoms with Crippen LogP contribution in [0, 0.1) is 0 Å². The fourth-order valence-corrected chi connectivity index (χ4v) is 1.88. The van der Waals surface area contributed by atoms with Crippen LogP contribution in [0.25, 0.3) is 0 Å². The number of ether oxygens (including phenoxy) is 1. The highest BCUT2D eigenvalue weighted by atomic mass is 19.4. The zero-order valence-electron chi connectivity index (χ0n) is 10.3. The van der Waals surface area contributed by atoms with E-state index in [1.807, 2.05) is 0 Å². The van der Waals surface area contributed by atoms with E-state index >= 15 is 0 Å². The highest BCUT2D eigenvalue weighted by Gasteiger charge is 2.31. The summed E-state index contributed by atoms with van der Waals surface area (Å²) in [4.78, 5) is 0. The fraction of sp³-hybridized carbons (Fsp3) is 0.538. The highest BCUT2D eigenvalue weighted by molar-refractivity contribution is 5.31. The second-order valence-corrected chi connectivity index (χ2v) is 4.71. The third-order valence-electron chi connectivity index (χ3n) is 2.74. The molecule has 1 aromatic rings. The summed E-state index contributed by atoms with van der Waals surface area (Å²) in [5.74, 6) is -0.173. The van der Waals surface area contributed by atoms with Crippen LogP contribution in [-0.2, 0) is 5.41 Å². The van der Waals surface area contributed by atoms with Gasteiger partial charge in [0.2, 0.25) is 0 Å². The largest absolute Gasteiger partial charge is 0.573 e. The molecule has 0 amide bonds. The lowest BCUT2D eigenvalue weighted by Gasteiger charge is -2.24. The first-order valence-corrected chi connectivity index (χ1v) is 5.61. The molecule has 1 rings (SSSR count). The van der Waals surface area contributed by atoms with Gasteiger partial charge >= 0.3 is 6.36 Å². The average molecular weight is 246 g/mol. The highest BCUT2D eigenvalue weighted by Crippen LogP contribution is 2.30. The summed E-state index contributed by atoms with van der Waals surface area (Å²) in [5.41, 5.74) is 1.000. The van der Waals surface area contributed by atoms with Crippen molar-refractivity contribution >= 4 is 0 Å². The molecule has 0 aliphatic carbocycles. The summed E-state index contributed by atoms with van der Waals surface area (Å²) >= 11 is 0. The second kappa shape index (κ2) is 4.98. The quantitative estimate of drug-likeness (QED) is 0.750. The zero-order valence-corrected chi connectivity index (χ0v) is 10.3. The molecule has 0 bridgehead atoms. The molecule has 0 aromatic heterocycles. The van der Waals surface area contributed by atoms with Crippen LogP contribution in [0.5, 0.6) is 5.75 Å². The van der Waals surface area contributed by atoms with Gasteiger partial charge in [-0.05, 0) is 29.5 Å². The maximum atomic E-state index is 12.0. The molecule has 0 spiro atoms. The van der Waals surface area contributed by atoms with Gasteiger partial charge in [0.05, 0.1) is 0 Å². The molecule has 0 saturated carbocycles. The molecular formula is C13H17F3O. The molecule has 0 saturated heterocycles. The fourth-order valence-electron chi connectivity index (χ4n) is 1.88. The van der Waals surface area contributed by atoms with Crippen LogP contribution < -0.4 is 4.74 Å². The van der Waals surface area contributed by atoms with E-state index in [1.54, 1.807) is 12.1 Å². The number of halogens is 3. The molecule has 0 heterocycles. The zero-order chi connectivity index (χ0) is 13.1. The van der Waals surface area contributed by atoms with Crippen LogP contribution in [0.3, 0.4) is 0 Å². The van der Waals surface area contributed by atoms with E-state index in [0.29, 0.717) is 0 Å². The van der Waals surface area contributed by atoms with Crippen molar-refractivity contribution in [3.63, 3.8) is 0 Å². The van der Waals surface area contributed by atoms with Crippen molar-refractivity contribution in [1.82, 2.24) is 0 Å². The molecule has 0 unspecified atom stereocenters. The lowest BCUT2D eigenvalue weighted by atomic mass is 9.81. The van der Waals surface area contributed by atoms with Crippen LogP contribution in [-0.4, -0.2) is 6.36 Å². The second-order valence-electron chi connectivity index (χ2n) is 4.71. The topological polar surface area (TPSA) is 9.23 Å². The molecule has 0 atom stereocenters. The normalized spacial score (nSPS) is 12.6. The monoisotopic (exact) mass is 246 g/mol. The van der Waals surface area contributed by atoms with Crippen molar-refractivity contribution in [3.8, 4) is 5.75 Å². The van der Waals surface area contributed by atoms with Gasteiger partial charge in [0.25, 0.3) is 0 Å². The van der Waals surface area contributed by atoms with Gasteiger partial charge in [-0.1, -0.05) is 39.3 Å². The van der Waals surface area contributed by atoms with Gasteiger partial charge < -0.3 is 4.74 Å². The maximum Gasteiger partial charge on any atom is 0.573 e. The Morgan fingerprint density at radius 3 is 2.00 bits per heavy atom. The van der Waals surface area contributed by atoms with Crippen molar-refractivity contribution in [3.05, 3.63) is 29.8 Å². The van der Waals surface area contributed by atoms with Gasteiger partial charge in [-0.15, -0.1) is 13.2 Å². The Morgan fingerprint density at radius 2 is 1.59 bits per heavy atom. The summed E-state index contributed by atoms with van der Waals surface area (Å²) in [6, 6.07) is 6.11. The first-order chi connectivity index (χ1) is 7.74. The predicted molar refractivity (Wildman–Crippen MR) is 61.1 cm³/mol. The van der Waals surface area contributed by atoms with E-state index in [-0.39, 0.29) is 11.2 Å². The average Bonchev–Trinajstić information content (AvgIpc) is 2.15. The Kier molecular flexibility index (Phi) is 4.07. The molecule has 0 aliphatic rings. The van der Waals surface area contributed by atoms with Crippen molar-refractivity contribution in [2.45, 2.75) is 45.4 Å². The molecule has 17 heavy (non-hydrogen) atoms. The van der Waals surface area contributed by atoms with Crippen molar-refractivity contribution in [1.29, 1.82) is 0 Å². The molecule has 0 aliphatic heterocycles. The van der Waals surface area contributed by atoms with Gasteiger partial charge in [-0.25, -0.2) is 0 Å². The lowest BCUT2D eigenvalue weighted by Crippen LogP contribution is -2.18. The summed E-state index contributed by atoms with van der Waals surface area (Å²) in [5, 5.41) is 0. The van der Waals surface area contributed by atoms with Gasteiger partial charge in [-0.2, -0.15) is 0 Å². The first-order valence-electron chi connectivity index (χ1n) is 5.61. The molecule has 0 radical (unpaired) electrons. The SMILES string of the molecule is CCCC(C)(C)c1ccc(OC(F)(F)F)cc1. The number of benzene rings is 1. The molecule has 0 fully saturated rings. The number of alkyl halides is 3. The van der Waals surface area contributed by atoms with Crippen LogP contribution in [0.2, 0.25) is 0 Å². The molecule has 1 nitrogen and oxygen atoms in total. The van der Waals surface area contributed by atoms with Crippen LogP contribution >= 0.6 is 0 Å². The van der Waals surface area contributed by atoms with Gasteiger partial charge in [0.15, 0.2) is 0 Å². The molecule has 1 aromatic carbocycles. The smallest absolute Gasteiger partial charge is 0.406 e. The van der Waals surface area contributed by atoms with E-state index in [4.69, 9.17) is 0 Å². The van der Waals surface area contributed by atoms with Crippen LogP contribution in [0.15, 0.2) is 24.3 Å². The number of hydrogen-bond acceptors (Lipinski definition) is 1. The molecule has 0 N–H and O–H groups in total. The van der Waals surface area contributed by atoms with Crippen molar-refractivity contribution < 1.29 is 17.9 Å². The Morgan fingerprint density at radius 1 is 1.06 bits per heavy atom. The Labute approximate surface area is 99.6 Å². The van der Waals surface area contributed by atoms with E-state index in [9.17, 15) is 13.2 Å². The van der Waals surface area contributed by atoms with Gasteiger partial charge in [0, 0.05) is 0 Å². The van der Waals surface area contributed by atoms with Gasteiger partial charge in [0.1, 0.15) is 5.75 Å². The van der Waals surface area contributed by atoms with Crippen molar-refractivity contribution in [2.24, 2.45) is 0 Å². The predicted octanol–water partition coefficient (Wildman–Crippen LogP) is 4.66. The Hall–Kier alpha value is -1.19. The summed E-state index contributed by atoms with van der Waals surface area (Å²) in [7, 11) is 0. The summed E-state index contributed by atoms with van der Waals surface area (Å²) < 4.78 is 39.8.